The van der Waals surface area contributed by atoms with Crippen LogP contribution in [0.3, 0.4) is 0 Å². The van der Waals surface area contributed by atoms with Crippen molar-refractivity contribution in [1.29, 1.82) is 0 Å². The lowest BCUT2D eigenvalue weighted by atomic mass is 10.1. The highest BCUT2D eigenvalue weighted by Crippen LogP contribution is 2.18. The molecule has 2 rings (SSSR count). The molecule has 138 valence electrons. The maximum atomic E-state index is 12.1. The first kappa shape index (κ1) is 19.3. The first-order valence-electron chi connectivity index (χ1n) is 8.35. The highest BCUT2D eigenvalue weighted by molar-refractivity contribution is 5.84. The molecular weight excluding hydrogens is 334 g/mol. The van der Waals surface area contributed by atoms with E-state index in [0.717, 1.165) is 11.3 Å². The van der Waals surface area contributed by atoms with Crippen molar-refractivity contribution in [3.8, 4) is 11.5 Å². The zero-order valence-corrected chi connectivity index (χ0v) is 14.9. The molecule has 1 unspecified atom stereocenters. The smallest absolute Gasteiger partial charge is 0.330 e. The molecule has 26 heavy (non-hydrogen) atoms. The Bertz CT molecular complexity index is 742. The molecule has 0 saturated carbocycles. The monoisotopic (exact) mass is 357 g/mol. The van der Waals surface area contributed by atoms with Gasteiger partial charge in [-0.15, -0.1) is 0 Å². The van der Waals surface area contributed by atoms with Crippen LogP contribution in [-0.2, 0) is 9.59 Å². The number of methoxy groups -OCH3 is 1. The molecule has 2 aromatic rings. The Morgan fingerprint density at radius 2 is 1.85 bits per heavy atom. The van der Waals surface area contributed by atoms with Gasteiger partial charge in [0.2, 0.25) is 5.91 Å². The molecule has 0 fully saturated rings. The summed E-state index contributed by atoms with van der Waals surface area (Å²) in [7, 11) is 1.53. The molecule has 0 saturated heterocycles. The topological polar surface area (TPSA) is 84.9 Å². The summed E-state index contributed by atoms with van der Waals surface area (Å²) in [6.07, 6.45) is 0.681. The van der Waals surface area contributed by atoms with Gasteiger partial charge in [-0.05, 0) is 48.7 Å². The van der Waals surface area contributed by atoms with Crippen molar-refractivity contribution >= 4 is 11.9 Å². The third-order valence-corrected chi connectivity index (χ3v) is 3.81. The highest BCUT2D eigenvalue weighted by atomic mass is 16.5. The number of benzene rings is 2. The predicted octanol–water partition coefficient (Wildman–Crippen LogP) is 3.10. The number of rotatable bonds is 9. The van der Waals surface area contributed by atoms with Gasteiger partial charge in [0, 0.05) is 6.42 Å². The first-order chi connectivity index (χ1) is 12.5. The van der Waals surface area contributed by atoms with Gasteiger partial charge in [-0.25, -0.2) is 4.79 Å². The molecule has 0 aromatic heterocycles. The van der Waals surface area contributed by atoms with E-state index >= 15 is 0 Å². The SMILES string of the molecule is COc1ccc(C(NC(=O)CCCOc2cccc(C)c2)C(=O)O)cc1. The fourth-order valence-electron chi connectivity index (χ4n) is 2.45. The maximum absolute atomic E-state index is 12.1. The Kier molecular flexibility index (Phi) is 7.02. The van der Waals surface area contributed by atoms with Gasteiger partial charge in [-0.3, -0.25) is 4.79 Å². The number of nitrogens with one attached hydrogen (secondary N) is 1. The molecule has 1 amide bonds. The number of carboxylic acid groups (broad SMARTS) is 1. The summed E-state index contributed by atoms with van der Waals surface area (Å²) in [5.41, 5.74) is 1.59. The van der Waals surface area contributed by atoms with Crippen molar-refractivity contribution in [3.05, 3.63) is 59.7 Å². The second-order valence-electron chi connectivity index (χ2n) is 5.88. The Morgan fingerprint density at radius 1 is 1.12 bits per heavy atom. The zero-order chi connectivity index (χ0) is 18.9. The zero-order valence-electron chi connectivity index (χ0n) is 14.9. The minimum absolute atomic E-state index is 0.186. The molecule has 2 aromatic carbocycles. The number of aryl methyl sites for hydroxylation is 1. The molecule has 0 spiro atoms. The van der Waals surface area contributed by atoms with Crippen molar-refractivity contribution in [2.45, 2.75) is 25.8 Å². The average Bonchev–Trinajstić information content (AvgIpc) is 2.63. The van der Waals surface area contributed by atoms with Crippen LogP contribution in [0.1, 0.15) is 30.0 Å². The van der Waals surface area contributed by atoms with Crippen LogP contribution in [-0.4, -0.2) is 30.7 Å². The summed E-state index contributed by atoms with van der Waals surface area (Å²) in [6, 6.07) is 13.1. The van der Waals surface area contributed by atoms with E-state index in [1.54, 1.807) is 24.3 Å². The largest absolute Gasteiger partial charge is 0.497 e. The maximum Gasteiger partial charge on any atom is 0.330 e. The molecule has 0 bridgehead atoms. The van der Waals surface area contributed by atoms with Crippen LogP contribution in [0.15, 0.2) is 48.5 Å². The minimum Gasteiger partial charge on any atom is -0.497 e. The van der Waals surface area contributed by atoms with E-state index in [1.165, 1.54) is 7.11 Å². The number of aliphatic carboxylic acids is 1. The number of carboxylic acids is 1. The molecule has 0 radical (unpaired) electrons. The van der Waals surface area contributed by atoms with Gasteiger partial charge in [0.1, 0.15) is 11.5 Å². The minimum atomic E-state index is -1.11. The van der Waals surface area contributed by atoms with Gasteiger partial charge in [-0.2, -0.15) is 0 Å². The van der Waals surface area contributed by atoms with Crippen molar-refractivity contribution < 1.29 is 24.2 Å². The van der Waals surface area contributed by atoms with Crippen molar-refractivity contribution in [2.75, 3.05) is 13.7 Å². The molecule has 0 heterocycles. The quantitative estimate of drug-likeness (QED) is 0.674. The Balaban J connectivity index is 1.82. The van der Waals surface area contributed by atoms with Gasteiger partial charge in [0.05, 0.1) is 13.7 Å². The van der Waals surface area contributed by atoms with Crippen LogP contribution in [0.25, 0.3) is 0 Å². The lowest BCUT2D eigenvalue weighted by Crippen LogP contribution is -2.33. The van der Waals surface area contributed by atoms with Crippen molar-refractivity contribution in [1.82, 2.24) is 5.32 Å². The number of hydrogen-bond donors (Lipinski definition) is 2. The fraction of sp³-hybridized carbons (Fsp3) is 0.300. The van der Waals surface area contributed by atoms with E-state index in [0.29, 0.717) is 24.3 Å². The summed E-state index contributed by atoms with van der Waals surface area (Å²) in [5.74, 6) is -0.0647. The number of carbonyl (C=O) groups is 2. The average molecular weight is 357 g/mol. The van der Waals surface area contributed by atoms with E-state index < -0.39 is 12.0 Å². The Morgan fingerprint density at radius 3 is 2.46 bits per heavy atom. The van der Waals surface area contributed by atoms with Crippen LogP contribution in [0.2, 0.25) is 0 Å². The van der Waals surface area contributed by atoms with Crippen LogP contribution in [0.4, 0.5) is 0 Å². The molecule has 0 aliphatic heterocycles. The summed E-state index contributed by atoms with van der Waals surface area (Å²) in [6.45, 7) is 2.36. The first-order valence-corrected chi connectivity index (χ1v) is 8.35. The molecule has 1 atom stereocenters. The fourth-order valence-corrected chi connectivity index (χ4v) is 2.45. The van der Waals surface area contributed by atoms with Crippen LogP contribution >= 0.6 is 0 Å². The van der Waals surface area contributed by atoms with Gasteiger partial charge >= 0.3 is 5.97 Å². The molecule has 6 nitrogen and oxygen atoms in total. The molecule has 6 heteroatoms. The predicted molar refractivity (Wildman–Crippen MR) is 97.4 cm³/mol. The van der Waals surface area contributed by atoms with Crippen LogP contribution < -0.4 is 14.8 Å². The molecule has 0 aliphatic rings. The number of carbonyl (C=O) groups excluding carboxylic acids is 1. The van der Waals surface area contributed by atoms with E-state index in [4.69, 9.17) is 9.47 Å². The van der Waals surface area contributed by atoms with E-state index in [1.807, 2.05) is 31.2 Å². The lowest BCUT2D eigenvalue weighted by molar-refractivity contribution is -0.142. The Labute approximate surface area is 152 Å². The second-order valence-corrected chi connectivity index (χ2v) is 5.88. The standard InChI is InChI=1S/C20H23NO5/c1-14-5-3-6-17(13-14)26-12-4-7-18(22)21-19(20(23)24)15-8-10-16(25-2)11-9-15/h3,5-6,8-11,13,19H,4,7,12H2,1-2H3,(H,21,22)(H,23,24). The third kappa shape index (κ3) is 5.81. The number of ether oxygens (including phenoxy) is 2. The summed E-state index contributed by atoms with van der Waals surface area (Å²) >= 11 is 0. The van der Waals surface area contributed by atoms with Crippen LogP contribution in [0, 0.1) is 6.92 Å². The Hall–Kier alpha value is -3.02. The van der Waals surface area contributed by atoms with Gasteiger partial charge < -0.3 is 19.9 Å². The summed E-state index contributed by atoms with van der Waals surface area (Å²) in [4.78, 5) is 23.5. The van der Waals surface area contributed by atoms with Crippen molar-refractivity contribution in [3.63, 3.8) is 0 Å². The molecular formula is C20H23NO5. The lowest BCUT2D eigenvalue weighted by Gasteiger charge is -2.15. The van der Waals surface area contributed by atoms with Gasteiger partial charge in [-0.1, -0.05) is 24.3 Å². The summed E-state index contributed by atoms with van der Waals surface area (Å²) < 4.78 is 10.6. The summed E-state index contributed by atoms with van der Waals surface area (Å²) in [5, 5.41) is 11.9. The number of amides is 1. The number of hydrogen-bond acceptors (Lipinski definition) is 4. The highest BCUT2D eigenvalue weighted by Gasteiger charge is 2.21. The van der Waals surface area contributed by atoms with Gasteiger partial charge in [0.15, 0.2) is 6.04 Å². The van der Waals surface area contributed by atoms with E-state index in [2.05, 4.69) is 5.32 Å². The molecule has 2 N–H and O–H groups in total. The molecule has 0 aliphatic carbocycles. The van der Waals surface area contributed by atoms with E-state index in [9.17, 15) is 14.7 Å². The second kappa shape index (κ2) is 9.46. The van der Waals surface area contributed by atoms with Gasteiger partial charge in [0.25, 0.3) is 0 Å². The third-order valence-electron chi connectivity index (χ3n) is 3.81. The van der Waals surface area contributed by atoms with Crippen LogP contribution in [0.5, 0.6) is 11.5 Å². The van der Waals surface area contributed by atoms with E-state index in [-0.39, 0.29) is 12.3 Å². The normalized spacial score (nSPS) is 11.5. The van der Waals surface area contributed by atoms with Crippen molar-refractivity contribution in [2.24, 2.45) is 0 Å².